The van der Waals surface area contributed by atoms with Crippen LogP contribution in [0.2, 0.25) is 0 Å². The van der Waals surface area contributed by atoms with Crippen LogP contribution in [0, 0.1) is 0 Å². The molecule has 3 rings (SSSR count). The first-order chi connectivity index (χ1) is 9.34. The van der Waals surface area contributed by atoms with Crippen molar-refractivity contribution in [1.82, 2.24) is 20.2 Å². The first-order valence-electron chi connectivity index (χ1n) is 5.97. The maximum Gasteiger partial charge on any atom is 0.143 e. The lowest BCUT2D eigenvalue weighted by Gasteiger charge is -2.16. The predicted octanol–water partition coefficient (Wildman–Crippen LogP) is 2.90. The molecule has 0 radical (unpaired) electrons. The van der Waals surface area contributed by atoms with Crippen LogP contribution < -0.4 is 5.32 Å². The van der Waals surface area contributed by atoms with E-state index < -0.39 is 0 Å². The third kappa shape index (κ3) is 2.48. The molecule has 0 saturated heterocycles. The third-order valence-corrected chi connectivity index (χ3v) is 3.90. The summed E-state index contributed by atoms with van der Waals surface area (Å²) in [6.45, 7) is 2.14. The molecule has 0 aliphatic carbocycles. The van der Waals surface area contributed by atoms with Crippen LogP contribution in [-0.4, -0.2) is 20.2 Å². The van der Waals surface area contributed by atoms with Gasteiger partial charge >= 0.3 is 0 Å². The summed E-state index contributed by atoms with van der Waals surface area (Å²) in [6.07, 6.45) is 1.59. The van der Waals surface area contributed by atoms with Crippen molar-refractivity contribution >= 4 is 17.0 Å². The van der Waals surface area contributed by atoms with E-state index >= 15 is 0 Å². The Labute approximate surface area is 114 Å². The van der Waals surface area contributed by atoms with Gasteiger partial charge in [0.05, 0.1) is 17.4 Å². The number of para-hydroxylation sites is 2. The fourth-order valence-corrected chi connectivity index (χ4v) is 2.64. The Hall–Kier alpha value is -2.21. The van der Waals surface area contributed by atoms with Gasteiger partial charge in [0.25, 0.3) is 0 Å². The van der Waals surface area contributed by atoms with E-state index in [0.29, 0.717) is 0 Å². The number of nitrogens with one attached hydrogen (secondary N) is 1. The molecule has 0 spiro atoms. The number of thiophene rings is 1. The molecular formula is C13H13N5S. The van der Waals surface area contributed by atoms with Crippen molar-refractivity contribution in [2.24, 2.45) is 0 Å². The molecule has 19 heavy (non-hydrogen) atoms. The average molecular weight is 271 g/mol. The van der Waals surface area contributed by atoms with E-state index in [-0.39, 0.29) is 6.04 Å². The highest BCUT2D eigenvalue weighted by Crippen LogP contribution is 2.26. The number of anilines is 1. The second-order valence-electron chi connectivity index (χ2n) is 4.15. The van der Waals surface area contributed by atoms with E-state index in [0.717, 1.165) is 11.4 Å². The third-order valence-electron chi connectivity index (χ3n) is 2.84. The number of nitrogens with zero attached hydrogens (tertiary/aromatic N) is 4. The van der Waals surface area contributed by atoms with Crippen molar-refractivity contribution in [2.45, 2.75) is 13.0 Å². The van der Waals surface area contributed by atoms with E-state index in [1.54, 1.807) is 22.3 Å². The molecule has 1 atom stereocenters. The van der Waals surface area contributed by atoms with Gasteiger partial charge in [0.1, 0.15) is 6.33 Å². The van der Waals surface area contributed by atoms with Crippen LogP contribution in [0.1, 0.15) is 17.8 Å². The molecule has 0 fully saturated rings. The van der Waals surface area contributed by atoms with E-state index in [1.807, 2.05) is 24.3 Å². The summed E-state index contributed by atoms with van der Waals surface area (Å²) in [5.74, 6) is 0. The van der Waals surface area contributed by atoms with Crippen LogP contribution in [0.15, 0.2) is 48.1 Å². The Morgan fingerprint density at radius 1 is 1.21 bits per heavy atom. The largest absolute Gasteiger partial charge is 0.376 e. The van der Waals surface area contributed by atoms with Crippen LogP contribution in [0.4, 0.5) is 5.69 Å². The van der Waals surface area contributed by atoms with Gasteiger partial charge in [0, 0.05) is 4.88 Å². The van der Waals surface area contributed by atoms with Gasteiger partial charge in [-0.2, -0.15) is 4.68 Å². The quantitative estimate of drug-likeness (QED) is 0.792. The lowest BCUT2D eigenvalue weighted by Crippen LogP contribution is -2.08. The molecule has 1 unspecified atom stereocenters. The summed E-state index contributed by atoms with van der Waals surface area (Å²) in [6, 6.07) is 12.4. The number of aromatic nitrogens is 4. The number of benzene rings is 1. The van der Waals surface area contributed by atoms with Gasteiger partial charge in [-0.25, -0.2) is 0 Å². The van der Waals surface area contributed by atoms with Crippen LogP contribution in [0.5, 0.6) is 0 Å². The maximum atomic E-state index is 3.94. The zero-order chi connectivity index (χ0) is 13.1. The zero-order valence-electron chi connectivity index (χ0n) is 10.4. The summed E-state index contributed by atoms with van der Waals surface area (Å²) >= 11 is 1.74. The Balaban J connectivity index is 1.89. The van der Waals surface area contributed by atoms with Crippen LogP contribution in [0.25, 0.3) is 5.69 Å². The summed E-state index contributed by atoms with van der Waals surface area (Å²) in [5.41, 5.74) is 1.95. The Morgan fingerprint density at radius 3 is 2.84 bits per heavy atom. The summed E-state index contributed by atoms with van der Waals surface area (Å²) < 4.78 is 1.66. The summed E-state index contributed by atoms with van der Waals surface area (Å²) in [7, 11) is 0. The summed E-state index contributed by atoms with van der Waals surface area (Å²) in [4.78, 5) is 1.30. The number of rotatable bonds is 4. The smallest absolute Gasteiger partial charge is 0.143 e. The van der Waals surface area contributed by atoms with Crippen molar-refractivity contribution < 1.29 is 0 Å². The minimum Gasteiger partial charge on any atom is -0.376 e. The highest BCUT2D eigenvalue weighted by Gasteiger charge is 2.10. The minimum absolute atomic E-state index is 0.248. The van der Waals surface area contributed by atoms with E-state index in [9.17, 15) is 0 Å². The summed E-state index contributed by atoms with van der Waals surface area (Å²) in [5, 5.41) is 16.9. The minimum atomic E-state index is 0.248. The van der Waals surface area contributed by atoms with Crippen molar-refractivity contribution in [1.29, 1.82) is 0 Å². The Kier molecular flexibility index (Phi) is 3.24. The second-order valence-corrected chi connectivity index (χ2v) is 5.13. The maximum absolute atomic E-state index is 3.94. The fraction of sp³-hybridized carbons (Fsp3) is 0.154. The first kappa shape index (κ1) is 11.9. The van der Waals surface area contributed by atoms with Gasteiger partial charge in [-0.05, 0) is 40.9 Å². The molecule has 1 N–H and O–H groups in total. The highest BCUT2D eigenvalue weighted by atomic mass is 32.1. The van der Waals surface area contributed by atoms with Crippen LogP contribution in [0.3, 0.4) is 0 Å². The molecule has 2 aromatic heterocycles. The molecule has 96 valence electrons. The number of hydrogen-bond donors (Lipinski definition) is 1. The van der Waals surface area contributed by atoms with Gasteiger partial charge in [-0.1, -0.05) is 18.2 Å². The standard InChI is InChI=1S/C13H13N5S/c1-10(13-7-4-8-19-13)15-11-5-2-3-6-12(11)18-9-14-16-17-18/h2-10,15H,1H3. The van der Waals surface area contributed by atoms with E-state index in [2.05, 4.69) is 45.3 Å². The van der Waals surface area contributed by atoms with Crippen molar-refractivity contribution in [3.63, 3.8) is 0 Å². The van der Waals surface area contributed by atoms with Gasteiger partial charge in [-0.3, -0.25) is 0 Å². The van der Waals surface area contributed by atoms with Crippen LogP contribution >= 0.6 is 11.3 Å². The van der Waals surface area contributed by atoms with Crippen molar-refractivity contribution in [2.75, 3.05) is 5.32 Å². The van der Waals surface area contributed by atoms with Gasteiger partial charge in [0.15, 0.2) is 0 Å². The van der Waals surface area contributed by atoms with Crippen molar-refractivity contribution in [3.8, 4) is 5.69 Å². The lowest BCUT2D eigenvalue weighted by atomic mass is 10.2. The second kappa shape index (κ2) is 5.19. The van der Waals surface area contributed by atoms with E-state index in [1.165, 1.54) is 4.88 Å². The Bertz CT molecular complexity index is 633. The van der Waals surface area contributed by atoms with Crippen molar-refractivity contribution in [3.05, 3.63) is 53.0 Å². The lowest BCUT2D eigenvalue weighted by molar-refractivity contribution is 0.786. The monoisotopic (exact) mass is 271 g/mol. The normalized spacial score (nSPS) is 12.3. The van der Waals surface area contributed by atoms with E-state index in [4.69, 9.17) is 0 Å². The van der Waals surface area contributed by atoms with Gasteiger partial charge < -0.3 is 5.32 Å². The molecule has 6 heteroatoms. The average Bonchev–Trinajstić information content (AvgIpc) is 3.13. The molecule has 0 bridgehead atoms. The molecule has 0 aliphatic rings. The fourth-order valence-electron chi connectivity index (χ4n) is 1.91. The molecule has 0 amide bonds. The first-order valence-corrected chi connectivity index (χ1v) is 6.85. The van der Waals surface area contributed by atoms with Gasteiger partial charge in [0.2, 0.25) is 0 Å². The number of hydrogen-bond acceptors (Lipinski definition) is 5. The topological polar surface area (TPSA) is 55.6 Å². The molecule has 2 heterocycles. The SMILES string of the molecule is CC(Nc1ccccc1-n1cnnn1)c1cccs1. The molecule has 5 nitrogen and oxygen atoms in total. The van der Waals surface area contributed by atoms with Crippen LogP contribution in [-0.2, 0) is 0 Å². The highest BCUT2D eigenvalue weighted by molar-refractivity contribution is 7.10. The molecule has 1 aromatic carbocycles. The zero-order valence-corrected chi connectivity index (χ0v) is 11.2. The molecular weight excluding hydrogens is 258 g/mol. The van der Waals surface area contributed by atoms with Gasteiger partial charge in [-0.15, -0.1) is 16.4 Å². The molecule has 0 saturated carbocycles. The molecule has 0 aliphatic heterocycles. The molecule has 3 aromatic rings. The predicted molar refractivity (Wildman–Crippen MR) is 75.5 cm³/mol. The Morgan fingerprint density at radius 2 is 2.11 bits per heavy atom. The number of tetrazole rings is 1.